The Kier molecular flexibility index (Phi) is 7.48. The number of hydrogen-bond donors (Lipinski definition) is 3. The van der Waals surface area contributed by atoms with Crippen LogP contribution in [0.5, 0.6) is 0 Å². The number of thiazole rings is 1. The molecule has 3 heterocycles. The first-order valence-electron chi connectivity index (χ1n) is 9.10. The van der Waals surface area contributed by atoms with Crippen molar-refractivity contribution in [2.45, 2.75) is 6.18 Å². The Labute approximate surface area is 197 Å². The molecule has 0 aliphatic rings. The molecule has 0 spiro atoms. The molecule has 0 atom stereocenters. The Morgan fingerprint density at radius 2 is 1.79 bits per heavy atom. The first-order valence-corrected chi connectivity index (χ1v) is 10.4. The molecular formula is C20H13ClF3N5O4S. The Morgan fingerprint density at radius 3 is 2.41 bits per heavy atom. The molecule has 0 unspecified atom stereocenters. The van der Waals surface area contributed by atoms with Crippen molar-refractivity contribution in [1.82, 2.24) is 19.8 Å². The number of carboxylic acids is 1. The fraction of sp³-hybridized carbons (Fsp3) is 0.0500. The molecule has 4 rings (SSSR count). The van der Waals surface area contributed by atoms with Crippen molar-refractivity contribution in [3.63, 3.8) is 0 Å². The average molecular weight is 512 g/mol. The molecule has 0 aliphatic heterocycles. The molecule has 3 aromatic heterocycles. The lowest BCUT2D eigenvalue weighted by atomic mass is 10.2. The van der Waals surface area contributed by atoms with Gasteiger partial charge in [-0.25, -0.2) is 9.78 Å². The molecule has 0 fully saturated rings. The number of hydrogen-bond acceptors (Lipinski definition) is 7. The quantitative estimate of drug-likeness (QED) is 0.355. The molecule has 14 heteroatoms. The number of nitrogens with one attached hydrogen (secondary N) is 2. The second-order valence-electron chi connectivity index (χ2n) is 6.32. The number of carbonyl (C=O) groups is 2. The summed E-state index contributed by atoms with van der Waals surface area (Å²) in [5, 5.41) is 9.31. The first-order chi connectivity index (χ1) is 16.1. The van der Waals surface area contributed by atoms with E-state index in [9.17, 15) is 22.8 Å². The van der Waals surface area contributed by atoms with Gasteiger partial charge in [0, 0.05) is 24.0 Å². The van der Waals surface area contributed by atoms with Crippen LogP contribution in [0.3, 0.4) is 0 Å². The molecule has 0 saturated heterocycles. The summed E-state index contributed by atoms with van der Waals surface area (Å²) in [5.74, 6) is -3.37. The van der Waals surface area contributed by atoms with Crippen LogP contribution in [0.1, 0.15) is 10.4 Å². The zero-order chi connectivity index (χ0) is 24.9. The van der Waals surface area contributed by atoms with Crippen molar-refractivity contribution in [3.8, 4) is 11.3 Å². The monoisotopic (exact) mass is 511 g/mol. The third-order valence-corrected chi connectivity index (χ3v) is 5.23. The lowest BCUT2D eigenvalue weighted by Crippen LogP contribution is -2.35. The lowest BCUT2D eigenvalue weighted by molar-refractivity contribution is -0.192. The average Bonchev–Trinajstić information content (AvgIpc) is 3.24. The van der Waals surface area contributed by atoms with E-state index in [0.29, 0.717) is 21.4 Å². The van der Waals surface area contributed by atoms with E-state index in [1.165, 1.54) is 34.3 Å². The maximum atomic E-state index is 12.9. The van der Waals surface area contributed by atoms with Gasteiger partial charge in [0.25, 0.3) is 11.5 Å². The third kappa shape index (κ3) is 5.68. The summed E-state index contributed by atoms with van der Waals surface area (Å²) < 4.78 is 33.2. The Hall–Kier alpha value is -3.97. The number of nitrogens with zero attached hydrogens (tertiary/aromatic N) is 3. The van der Waals surface area contributed by atoms with Crippen LogP contribution < -0.4 is 16.4 Å². The number of fused-ring (bicyclic) bond motifs is 1. The lowest BCUT2D eigenvalue weighted by Gasteiger charge is -2.09. The van der Waals surface area contributed by atoms with Crippen LogP contribution in [0.25, 0.3) is 16.2 Å². The van der Waals surface area contributed by atoms with Gasteiger partial charge in [-0.1, -0.05) is 41.9 Å². The molecule has 3 N–H and O–H groups in total. The minimum absolute atomic E-state index is 0.0826. The fourth-order valence-corrected chi connectivity index (χ4v) is 3.55. The van der Waals surface area contributed by atoms with Crippen LogP contribution in [-0.2, 0) is 4.79 Å². The maximum absolute atomic E-state index is 12.9. The number of pyridine rings is 1. The van der Waals surface area contributed by atoms with Gasteiger partial charge in [0.05, 0.1) is 16.4 Å². The molecule has 0 radical (unpaired) electrons. The van der Waals surface area contributed by atoms with Gasteiger partial charge in [0.15, 0.2) is 4.96 Å². The highest BCUT2D eigenvalue weighted by Gasteiger charge is 2.38. The summed E-state index contributed by atoms with van der Waals surface area (Å²) in [4.78, 5) is 42.9. The summed E-state index contributed by atoms with van der Waals surface area (Å²) in [5.41, 5.74) is 6.64. The number of aliphatic carboxylic acids is 1. The predicted molar refractivity (Wildman–Crippen MR) is 119 cm³/mol. The van der Waals surface area contributed by atoms with E-state index < -0.39 is 23.6 Å². The van der Waals surface area contributed by atoms with Gasteiger partial charge < -0.3 is 5.11 Å². The number of hydrazine groups is 1. The Bertz CT molecular complexity index is 1390. The van der Waals surface area contributed by atoms with Crippen molar-refractivity contribution in [3.05, 3.63) is 81.3 Å². The van der Waals surface area contributed by atoms with Gasteiger partial charge in [-0.05, 0) is 11.6 Å². The molecular weight excluding hydrogens is 499 g/mol. The molecule has 1 amide bonds. The van der Waals surface area contributed by atoms with Gasteiger partial charge >= 0.3 is 12.1 Å². The number of carboxylic acid groups (broad SMARTS) is 1. The van der Waals surface area contributed by atoms with E-state index in [1.54, 1.807) is 6.07 Å². The van der Waals surface area contributed by atoms with Crippen LogP contribution >= 0.6 is 22.9 Å². The number of rotatable bonds is 4. The smallest absolute Gasteiger partial charge is 0.475 e. The van der Waals surface area contributed by atoms with Crippen LogP contribution in [0, 0.1) is 0 Å². The maximum Gasteiger partial charge on any atom is 0.490 e. The predicted octanol–water partition coefficient (Wildman–Crippen LogP) is 3.86. The molecule has 1 aromatic carbocycles. The third-order valence-electron chi connectivity index (χ3n) is 4.09. The fourth-order valence-electron chi connectivity index (χ4n) is 2.53. The summed E-state index contributed by atoms with van der Waals surface area (Å²) in [7, 11) is 0. The second-order valence-corrected chi connectivity index (χ2v) is 7.56. The molecule has 176 valence electrons. The van der Waals surface area contributed by atoms with E-state index in [0.717, 1.165) is 5.56 Å². The summed E-state index contributed by atoms with van der Waals surface area (Å²) in [6, 6.07) is 11.1. The van der Waals surface area contributed by atoms with Gasteiger partial charge in [-0.2, -0.15) is 13.2 Å². The van der Waals surface area contributed by atoms with E-state index in [1.807, 2.05) is 35.7 Å². The number of carbonyl (C=O) groups excluding carboxylic acids is 1. The standard InChI is InChI=1S/C18H12ClN5O2S.C2HF3O2/c19-13-9-20-7-6-14(13)22-23-16(25)12-8-21-18-24(17(12)26)15(10-27-18)11-4-2-1-3-5-11;3-2(4,5)1(6)7/h1-10H,(H,20,22)(H,23,25);(H,6,7). The molecule has 34 heavy (non-hydrogen) atoms. The van der Waals surface area contributed by atoms with Gasteiger partial charge in [0.2, 0.25) is 0 Å². The SMILES string of the molecule is O=C(NNc1ccncc1Cl)c1cnc2scc(-c3ccccc3)n2c1=O.O=C(O)C(F)(F)F. The zero-order valence-electron chi connectivity index (χ0n) is 16.7. The summed E-state index contributed by atoms with van der Waals surface area (Å²) >= 11 is 7.32. The number of aromatic nitrogens is 3. The molecule has 0 saturated carbocycles. The van der Waals surface area contributed by atoms with Crippen molar-refractivity contribution in [2.75, 3.05) is 5.43 Å². The van der Waals surface area contributed by atoms with Gasteiger partial charge in [-0.15, -0.1) is 11.3 Å². The number of halogens is 4. The van der Waals surface area contributed by atoms with Crippen LogP contribution in [-0.4, -0.2) is 37.5 Å². The minimum atomic E-state index is -5.08. The second kappa shape index (κ2) is 10.3. The minimum Gasteiger partial charge on any atom is -0.475 e. The highest BCUT2D eigenvalue weighted by molar-refractivity contribution is 7.15. The van der Waals surface area contributed by atoms with Crippen LogP contribution in [0.2, 0.25) is 5.02 Å². The molecule has 0 bridgehead atoms. The van der Waals surface area contributed by atoms with E-state index in [4.69, 9.17) is 21.5 Å². The molecule has 4 aromatic rings. The number of amides is 1. The summed E-state index contributed by atoms with van der Waals surface area (Å²) in [6.07, 6.45) is -0.843. The normalized spacial score (nSPS) is 10.8. The summed E-state index contributed by atoms with van der Waals surface area (Å²) in [6.45, 7) is 0. The Morgan fingerprint density at radius 1 is 1.12 bits per heavy atom. The molecule has 9 nitrogen and oxygen atoms in total. The number of alkyl halides is 3. The van der Waals surface area contributed by atoms with Crippen LogP contribution in [0.15, 0.2) is 65.2 Å². The Balaban J connectivity index is 0.000000406. The largest absolute Gasteiger partial charge is 0.490 e. The topological polar surface area (TPSA) is 126 Å². The van der Waals surface area contributed by atoms with Crippen molar-refractivity contribution >= 4 is 45.5 Å². The van der Waals surface area contributed by atoms with Crippen molar-refractivity contribution in [1.29, 1.82) is 0 Å². The molecule has 0 aliphatic carbocycles. The van der Waals surface area contributed by atoms with E-state index in [2.05, 4.69) is 20.8 Å². The highest BCUT2D eigenvalue weighted by atomic mass is 35.5. The number of benzene rings is 1. The highest BCUT2D eigenvalue weighted by Crippen LogP contribution is 2.23. The van der Waals surface area contributed by atoms with E-state index in [-0.39, 0.29) is 5.56 Å². The van der Waals surface area contributed by atoms with Gasteiger partial charge in [-0.3, -0.25) is 29.8 Å². The van der Waals surface area contributed by atoms with Gasteiger partial charge in [0.1, 0.15) is 5.56 Å². The van der Waals surface area contributed by atoms with E-state index >= 15 is 0 Å². The number of anilines is 1. The first kappa shape index (κ1) is 24.7. The zero-order valence-corrected chi connectivity index (χ0v) is 18.3. The van der Waals surface area contributed by atoms with Crippen molar-refractivity contribution < 1.29 is 27.9 Å². The van der Waals surface area contributed by atoms with Crippen LogP contribution in [0.4, 0.5) is 18.9 Å². The van der Waals surface area contributed by atoms with Crippen molar-refractivity contribution in [2.24, 2.45) is 0 Å².